The molecule has 0 saturated carbocycles. The number of halogens is 4. The van der Waals surface area contributed by atoms with Crippen LogP contribution in [0.2, 0.25) is 5.28 Å². The van der Waals surface area contributed by atoms with Gasteiger partial charge in [-0.15, -0.1) is 0 Å². The molecule has 1 atom stereocenters. The lowest BCUT2D eigenvalue weighted by atomic mass is 10.0. The molecule has 3 aromatic rings. The number of carbonyl (C=O) groups is 1. The summed E-state index contributed by atoms with van der Waals surface area (Å²) in [6, 6.07) is 5.15. The second kappa shape index (κ2) is 10.6. The maximum atomic E-state index is 13.6. The van der Waals surface area contributed by atoms with Crippen LogP contribution in [0.1, 0.15) is 35.2 Å². The van der Waals surface area contributed by atoms with Gasteiger partial charge < -0.3 is 20.4 Å². The highest BCUT2D eigenvalue weighted by atomic mass is 35.5. The van der Waals surface area contributed by atoms with Gasteiger partial charge in [-0.1, -0.05) is 0 Å². The van der Waals surface area contributed by atoms with Gasteiger partial charge in [0.05, 0.1) is 17.8 Å². The molecule has 0 spiro atoms. The lowest BCUT2D eigenvalue weighted by Gasteiger charge is -2.33. The van der Waals surface area contributed by atoms with Gasteiger partial charge in [-0.05, 0) is 54.3 Å². The first kappa shape index (κ1) is 26.0. The molecule has 1 saturated heterocycles. The fourth-order valence-electron chi connectivity index (χ4n) is 4.92. The van der Waals surface area contributed by atoms with E-state index in [0.717, 1.165) is 18.6 Å². The summed E-state index contributed by atoms with van der Waals surface area (Å²) in [4.78, 5) is 34.5. The number of nitrogens with zero attached hydrogens (tertiary/aromatic N) is 6. The smallest absolute Gasteiger partial charge is 0.388 e. The van der Waals surface area contributed by atoms with Gasteiger partial charge in [-0.25, -0.2) is 19.9 Å². The maximum absolute atomic E-state index is 13.6. The van der Waals surface area contributed by atoms with Gasteiger partial charge in [0.15, 0.2) is 0 Å². The van der Waals surface area contributed by atoms with E-state index in [2.05, 4.69) is 30.6 Å². The van der Waals surface area contributed by atoms with E-state index in [1.54, 1.807) is 36.5 Å². The quantitative estimate of drug-likeness (QED) is 0.445. The van der Waals surface area contributed by atoms with Crippen LogP contribution >= 0.6 is 11.6 Å². The van der Waals surface area contributed by atoms with E-state index in [0.29, 0.717) is 60.2 Å². The van der Waals surface area contributed by atoms with Gasteiger partial charge in [0.2, 0.25) is 17.1 Å². The standard InChI is InChI=1S/C25H26ClF3N8O/c1-30-17-11-15(10-16(12-17)25(27,28)29)13-33-21-18-14-36(9-5-19(18)34-23(26)35-21)22(38)20-4-2-8-37(20)24-31-6-3-7-32-24/h3,6-7,10-12,20,30H,2,4-5,8-9,13-14H2,1H3,(H,33,34,35). The topological polar surface area (TPSA) is 99.2 Å². The summed E-state index contributed by atoms with van der Waals surface area (Å²) in [6.45, 7) is 1.51. The molecule has 2 aliphatic rings. The van der Waals surface area contributed by atoms with E-state index in [4.69, 9.17) is 11.6 Å². The summed E-state index contributed by atoms with van der Waals surface area (Å²) in [5.41, 5.74) is 1.44. The van der Waals surface area contributed by atoms with E-state index in [9.17, 15) is 18.0 Å². The highest BCUT2D eigenvalue weighted by molar-refractivity contribution is 6.28. The molecule has 1 aromatic carbocycles. The van der Waals surface area contributed by atoms with Crippen LogP contribution in [0.25, 0.3) is 0 Å². The Kier molecular flexibility index (Phi) is 7.24. The van der Waals surface area contributed by atoms with Crippen molar-refractivity contribution >= 4 is 35.0 Å². The Morgan fingerprint density at radius 2 is 1.95 bits per heavy atom. The fraction of sp³-hybridized carbons (Fsp3) is 0.400. The number of rotatable bonds is 6. The molecule has 1 amide bonds. The van der Waals surface area contributed by atoms with Crippen molar-refractivity contribution in [2.75, 3.05) is 35.7 Å². The van der Waals surface area contributed by atoms with Crippen LogP contribution in [0.3, 0.4) is 0 Å². The monoisotopic (exact) mass is 546 g/mol. The third-order valence-electron chi connectivity index (χ3n) is 6.76. The zero-order valence-corrected chi connectivity index (χ0v) is 21.4. The highest BCUT2D eigenvalue weighted by Gasteiger charge is 2.37. The molecule has 2 N–H and O–H groups in total. The Bertz CT molecular complexity index is 1320. The molecular weight excluding hydrogens is 521 g/mol. The zero-order valence-electron chi connectivity index (χ0n) is 20.6. The summed E-state index contributed by atoms with van der Waals surface area (Å²) in [5, 5.41) is 5.93. The van der Waals surface area contributed by atoms with Crippen LogP contribution in [-0.4, -0.2) is 56.9 Å². The Balaban J connectivity index is 1.36. The molecule has 0 radical (unpaired) electrons. The first-order chi connectivity index (χ1) is 18.2. The van der Waals surface area contributed by atoms with Crippen molar-refractivity contribution in [1.29, 1.82) is 0 Å². The molecule has 4 heterocycles. The molecule has 13 heteroatoms. The summed E-state index contributed by atoms with van der Waals surface area (Å²) in [7, 11) is 1.56. The van der Waals surface area contributed by atoms with Crippen LogP contribution in [0, 0.1) is 0 Å². The minimum Gasteiger partial charge on any atom is -0.388 e. The number of hydrogen-bond donors (Lipinski definition) is 2. The average Bonchev–Trinajstić information content (AvgIpc) is 3.41. The lowest BCUT2D eigenvalue weighted by molar-refractivity contribution is -0.137. The van der Waals surface area contributed by atoms with Crippen LogP contribution in [0.4, 0.5) is 30.6 Å². The van der Waals surface area contributed by atoms with Gasteiger partial charge in [0, 0.05) is 56.7 Å². The molecule has 2 aromatic heterocycles. The van der Waals surface area contributed by atoms with Crippen molar-refractivity contribution in [3.63, 3.8) is 0 Å². The summed E-state index contributed by atoms with van der Waals surface area (Å²) in [5.74, 6) is 0.897. The van der Waals surface area contributed by atoms with Crippen molar-refractivity contribution in [3.8, 4) is 0 Å². The van der Waals surface area contributed by atoms with Crippen LogP contribution in [-0.2, 0) is 30.5 Å². The van der Waals surface area contributed by atoms with Gasteiger partial charge in [-0.3, -0.25) is 4.79 Å². The predicted octanol–water partition coefficient (Wildman–Crippen LogP) is 4.15. The maximum Gasteiger partial charge on any atom is 0.416 e. The van der Waals surface area contributed by atoms with Gasteiger partial charge in [-0.2, -0.15) is 13.2 Å². The summed E-state index contributed by atoms with van der Waals surface area (Å²) in [6.07, 6.45) is 0.881. The molecule has 200 valence electrons. The fourth-order valence-corrected chi connectivity index (χ4v) is 5.11. The molecule has 1 unspecified atom stereocenters. The molecule has 38 heavy (non-hydrogen) atoms. The second-order valence-electron chi connectivity index (χ2n) is 9.20. The predicted molar refractivity (Wildman–Crippen MR) is 137 cm³/mol. The molecular formula is C25H26ClF3N8O. The number of amides is 1. The van der Waals surface area contributed by atoms with Gasteiger partial charge in [0.25, 0.3) is 0 Å². The minimum absolute atomic E-state index is 0.0296. The number of nitrogens with one attached hydrogen (secondary N) is 2. The summed E-state index contributed by atoms with van der Waals surface area (Å²) < 4.78 is 40.1. The minimum atomic E-state index is -4.47. The highest BCUT2D eigenvalue weighted by Crippen LogP contribution is 2.33. The molecule has 2 aliphatic heterocycles. The van der Waals surface area contributed by atoms with Crippen LogP contribution in [0.5, 0.6) is 0 Å². The normalized spacial score (nSPS) is 17.3. The Morgan fingerprint density at radius 1 is 1.16 bits per heavy atom. The van der Waals surface area contributed by atoms with E-state index >= 15 is 0 Å². The van der Waals surface area contributed by atoms with E-state index in [1.165, 1.54) is 0 Å². The van der Waals surface area contributed by atoms with Crippen LogP contribution < -0.4 is 15.5 Å². The largest absolute Gasteiger partial charge is 0.416 e. The molecule has 0 aliphatic carbocycles. The Hall–Kier alpha value is -3.67. The molecule has 5 rings (SSSR count). The Labute approximate surface area is 222 Å². The van der Waals surface area contributed by atoms with E-state index < -0.39 is 11.7 Å². The van der Waals surface area contributed by atoms with Gasteiger partial charge in [0.1, 0.15) is 11.9 Å². The average molecular weight is 547 g/mol. The Morgan fingerprint density at radius 3 is 2.68 bits per heavy atom. The second-order valence-corrected chi connectivity index (χ2v) is 9.53. The van der Waals surface area contributed by atoms with E-state index in [-0.39, 0.29) is 30.3 Å². The SMILES string of the molecule is CNc1cc(CNc2nc(Cl)nc3c2CN(C(=O)C2CCCN2c2ncccn2)CC3)cc(C(F)(F)F)c1. The van der Waals surface area contributed by atoms with Crippen molar-refractivity contribution in [1.82, 2.24) is 24.8 Å². The number of aromatic nitrogens is 4. The lowest BCUT2D eigenvalue weighted by Crippen LogP contribution is -2.48. The summed E-state index contributed by atoms with van der Waals surface area (Å²) >= 11 is 6.16. The van der Waals surface area contributed by atoms with Crippen molar-refractivity contribution in [2.45, 2.75) is 44.6 Å². The molecule has 0 bridgehead atoms. The first-order valence-corrected chi connectivity index (χ1v) is 12.6. The number of carbonyl (C=O) groups excluding carboxylic acids is 1. The van der Waals surface area contributed by atoms with Crippen LogP contribution in [0.15, 0.2) is 36.7 Å². The number of fused-ring (bicyclic) bond motifs is 1. The van der Waals surface area contributed by atoms with Crippen molar-refractivity contribution in [3.05, 3.63) is 64.3 Å². The zero-order chi connectivity index (χ0) is 26.9. The van der Waals surface area contributed by atoms with Crippen molar-refractivity contribution < 1.29 is 18.0 Å². The third-order valence-corrected chi connectivity index (χ3v) is 6.93. The first-order valence-electron chi connectivity index (χ1n) is 12.2. The number of anilines is 3. The molecule has 9 nitrogen and oxygen atoms in total. The third kappa shape index (κ3) is 5.45. The van der Waals surface area contributed by atoms with Crippen molar-refractivity contribution in [2.24, 2.45) is 0 Å². The molecule has 1 fully saturated rings. The number of benzene rings is 1. The van der Waals surface area contributed by atoms with Gasteiger partial charge >= 0.3 is 6.18 Å². The van der Waals surface area contributed by atoms with E-state index in [1.807, 2.05) is 4.90 Å². The number of alkyl halides is 3. The number of hydrogen-bond acceptors (Lipinski definition) is 8.